The molecule has 1 heterocycles. The van der Waals surface area contributed by atoms with Crippen LogP contribution >= 0.6 is 0 Å². The van der Waals surface area contributed by atoms with Crippen LogP contribution < -0.4 is 14.8 Å². The monoisotopic (exact) mass is 479 g/mol. The van der Waals surface area contributed by atoms with Gasteiger partial charge in [-0.1, -0.05) is 26.0 Å². The van der Waals surface area contributed by atoms with Gasteiger partial charge in [-0.05, 0) is 55.3 Å². The fourth-order valence-electron chi connectivity index (χ4n) is 3.67. The minimum Gasteiger partial charge on any atom is -0.490 e. The number of rotatable bonds is 8. The molecule has 0 aliphatic carbocycles. The summed E-state index contributed by atoms with van der Waals surface area (Å²) >= 11 is 0. The predicted molar refractivity (Wildman–Crippen MR) is 128 cm³/mol. The predicted octanol–water partition coefficient (Wildman–Crippen LogP) is 4.89. The highest BCUT2D eigenvalue weighted by Gasteiger charge is 2.35. The Morgan fingerprint density at radius 1 is 0.824 bits per heavy atom. The highest BCUT2D eigenvalue weighted by atomic mass is 32.2. The number of carbonyl (C=O) groups is 2. The Morgan fingerprint density at radius 3 is 2.24 bits per heavy atom. The molecule has 0 aromatic heterocycles. The molecule has 0 unspecified atom stereocenters. The van der Waals surface area contributed by atoms with E-state index in [0.29, 0.717) is 30.4 Å². The van der Waals surface area contributed by atoms with Crippen LogP contribution in [0.15, 0.2) is 70.5 Å². The smallest absolute Gasteiger partial charge is 0.255 e. The molecular formula is C26H25NO6S. The lowest BCUT2D eigenvalue weighted by atomic mass is 10.0. The lowest BCUT2D eigenvalue weighted by molar-refractivity contribution is 0.101. The second-order valence-corrected chi connectivity index (χ2v) is 9.74. The van der Waals surface area contributed by atoms with Crippen LogP contribution in [0.4, 0.5) is 5.69 Å². The van der Waals surface area contributed by atoms with Gasteiger partial charge >= 0.3 is 0 Å². The van der Waals surface area contributed by atoms with E-state index in [4.69, 9.17) is 9.47 Å². The molecule has 0 radical (unpaired) electrons. The fraction of sp³-hybridized carbons (Fsp3) is 0.231. The van der Waals surface area contributed by atoms with E-state index in [-0.39, 0.29) is 32.3 Å². The van der Waals surface area contributed by atoms with Crippen LogP contribution in [0, 0.1) is 0 Å². The molecule has 3 aromatic rings. The van der Waals surface area contributed by atoms with Crippen LogP contribution in [0.2, 0.25) is 0 Å². The van der Waals surface area contributed by atoms with Gasteiger partial charge in [0.05, 0.1) is 23.0 Å². The lowest BCUT2D eigenvalue weighted by Crippen LogP contribution is -2.21. The van der Waals surface area contributed by atoms with E-state index in [2.05, 4.69) is 5.32 Å². The summed E-state index contributed by atoms with van der Waals surface area (Å²) in [6, 6.07) is 15.3. The summed E-state index contributed by atoms with van der Waals surface area (Å²) in [4.78, 5) is 25.5. The van der Waals surface area contributed by atoms with Crippen molar-refractivity contribution in [3.05, 3.63) is 77.4 Å². The SMILES string of the molecule is CCCOc1ccc(NC(=O)c2ccc3c(c2)S(=O)(=O)c2ccccc2C3=O)cc1OCCC. The second-order valence-electron chi connectivity index (χ2n) is 7.85. The molecule has 0 atom stereocenters. The Labute approximate surface area is 198 Å². The molecule has 1 amide bonds. The molecule has 3 aromatic carbocycles. The summed E-state index contributed by atoms with van der Waals surface area (Å²) in [6.07, 6.45) is 1.66. The third-order valence-corrected chi connectivity index (χ3v) is 7.18. The number of fused-ring (bicyclic) bond motifs is 2. The largest absolute Gasteiger partial charge is 0.490 e. The van der Waals surface area contributed by atoms with Crippen molar-refractivity contribution < 1.29 is 27.5 Å². The molecule has 1 aliphatic heterocycles. The molecule has 0 fully saturated rings. The first-order valence-electron chi connectivity index (χ1n) is 11.1. The maximum atomic E-state index is 13.1. The van der Waals surface area contributed by atoms with Gasteiger partial charge in [-0.3, -0.25) is 9.59 Å². The fourth-order valence-corrected chi connectivity index (χ4v) is 5.35. The third kappa shape index (κ3) is 4.41. The van der Waals surface area contributed by atoms with E-state index in [1.807, 2.05) is 13.8 Å². The molecule has 0 bridgehead atoms. The van der Waals surface area contributed by atoms with Crippen LogP contribution in [-0.2, 0) is 9.84 Å². The van der Waals surface area contributed by atoms with E-state index in [9.17, 15) is 18.0 Å². The van der Waals surface area contributed by atoms with E-state index in [1.54, 1.807) is 30.3 Å². The summed E-state index contributed by atoms with van der Waals surface area (Å²) < 4.78 is 37.7. The van der Waals surface area contributed by atoms with Gasteiger partial charge in [0.25, 0.3) is 5.91 Å². The maximum absolute atomic E-state index is 13.1. The first kappa shape index (κ1) is 23.5. The van der Waals surface area contributed by atoms with Crippen molar-refractivity contribution in [3.63, 3.8) is 0 Å². The Balaban J connectivity index is 1.63. The zero-order chi connectivity index (χ0) is 24.3. The van der Waals surface area contributed by atoms with Crippen molar-refractivity contribution in [1.82, 2.24) is 0 Å². The molecule has 8 heteroatoms. The summed E-state index contributed by atoms with van der Waals surface area (Å²) in [7, 11) is -3.93. The molecule has 34 heavy (non-hydrogen) atoms. The van der Waals surface area contributed by atoms with E-state index >= 15 is 0 Å². The molecular weight excluding hydrogens is 454 g/mol. The number of ether oxygens (including phenoxy) is 2. The summed E-state index contributed by atoms with van der Waals surface area (Å²) in [5, 5.41) is 2.77. The van der Waals surface area contributed by atoms with Gasteiger partial charge in [-0.15, -0.1) is 0 Å². The molecule has 0 saturated carbocycles. The molecule has 4 rings (SSSR count). The zero-order valence-electron chi connectivity index (χ0n) is 19.0. The van der Waals surface area contributed by atoms with E-state index < -0.39 is 15.7 Å². The number of amides is 1. The van der Waals surface area contributed by atoms with Crippen LogP contribution in [0.3, 0.4) is 0 Å². The number of carbonyl (C=O) groups excluding carboxylic acids is 2. The van der Waals surface area contributed by atoms with Crippen molar-refractivity contribution in [2.45, 2.75) is 36.5 Å². The van der Waals surface area contributed by atoms with Gasteiger partial charge in [0.2, 0.25) is 9.84 Å². The second kappa shape index (κ2) is 9.69. The zero-order valence-corrected chi connectivity index (χ0v) is 19.8. The summed E-state index contributed by atoms with van der Waals surface area (Å²) in [6.45, 7) is 5.04. The molecule has 7 nitrogen and oxygen atoms in total. The highest BCUT2D eigenvalue weighted by Crippen LogP contribution is 2.35. The van der Waals surface area contributed by atoms with Crippen LogP contribution in [0.25, 0.3) is 0 Å². The quantitative estimate of drug-likeness (QED) is 0.386. The number of hydrogen-bond donors (Lipinski definition) is 1. The molecule has 1 aliphatic rings. The van der Waals surface area contributed by atoms with E-state index in [1.165, 1.54) is 30.3 Å². The van der Waals surface area contributed by atoms with Gasteiger partial charge in [0, 0.05) is 28.4 Å². The number of benzene rings is 3. The topological polar surface area (TPSA) is 98.8 Å². The number of sulfone groups is 1. The van der Waals surface area contributed by atoms with Gasteiger partial charge in [0.1, 0.15) is 0 Å². The number of nitrogens with one attached hydrogen (secondary N) is 1. The lowest BCUT2D eigenvalue weighted by Gasteiger charge is -2.19. The minimum atomic E-state index is -3.93. The van der Waals surface area contributed by atoms with Gasteiger partial charge in [-0.2, -0.15) is 0 Å². The number of hydrogen-bond acceptors (Lipinski definition) is 6. The van der Waals surface area contributed by atoms with Gasteiger partial charge in [-0.25, -0.2) is 8.42 Å². The molecule has 0 saturated heterocycles. The summed E-state index contributed by atoms with van der Waals surface area (Å²) in [5.74, 6) is 0.217. The first-order chi connectivity index (χ1) is 16.4. The average molecular weight is 480 g/mol. The highest BCUT2D eigenvalue weighted by molar-refractivity contribution is 7.91. The van der Waals surface area contributed by atoms with Crippen LogP contribution in [0.5, 0.6) is 11.5 Å². The van der Waals surface area contributed by atoms with Gasteiger partial charge in [0.15, 0.2) is 17.3 Å². The Hall–Kier alpha value is -3.65. The third-order valence-electron chi connectivity index (χ3n) is 5.32. The van der Waals surface area contributed by atoms with Crippen molar-refractivity contribution in [2.24, 2.45) is 0 Å². The van der Waals surface area contributed by atoms with Gasteiger partial charge < -0.3 is 14.8 Å². The van der Waals surface area contributed by atoms with E-state index in [0.717, 1.165) is 12.8 Å². The number of anilines is 1. The normalized spacial score (nSPS) is 13.5. The molecule has 0 spiro atoms. The van der Waals surface area contributed by atoms with Crippen molar-refractivity contribution in [2.75, 3.05) is 18.5 Å². The molecule has 1 N–H and O–H groups in total. The average Bonchev–Trinajstić information content (AvgIpc) is 2.85. The van der Waals surface area contributed by atoms with Crippen LogP contribution in [0.1, 0.15) is 53.0 Å². The minimum absolute atomic E-state index is 0.0505. The Morgan fingerprint density at radius 2 is 1.50 bits per heavy atom. The standard InChI is InChI=1S/C26H25NO6S/c1-3-13-32-21-12-10-18(16-22(21)33-14-4-2)27-26(29)17-9-11-20-24(15-17)34(30,31)23-8-6-5-7-19(23)25(20)28/h5-12,15-16H,3-4,13-14H2,1-2H3,(H,27,29). The first-order valence-corrected chi connectivity index (χ1v) is 12.6. The Kier molecular flexibility index (Phi) is 6.70. The molecule has 176 valence electrons. The van der Waals surface area contributed by atoms with Crippen molar-refractivity contribution in [3.8, 4) is 11.5 Å². The maximum Gasteiger partial charge on any atom is 0.255 e. The van der Waals surface area contributed by atoms with Crippen molar-refractivity contribution >= 4 is 27.2 Å². The summed E-state index contributed by atoms with van der Waals surface area (Å²) in [5.41, 5.74) is 0.791. The Bertz CT molecular complexity index is 1360. The van der Waals surface area contributed by atoms with Crippen molar-refractivity contribution in [1.29, 1.82) is 0 Å². The van der Waals surface area contributed by atoms with Crippen LogP contribution in [-0.4, -0.2) is 33.3 Å². The number of ketones is 1.